The molecule has 176 valence electrons. The maximum atomic E-state index is 12.5. The molecule has 1 aromatic heterocycles. The molecule has 2 amide bonds. The molecule has 1 heterocycles. The minimum atomic E-state index is -1.26. The van der Waals surface area contributed by atoms with Gasteiger partial charge in [0.1, 0.15) is 12.6 Å². The van der Waals surface area contributed by atoms with Crippen molar-refractivity contribution in [1.82, 2.24) is 20.4 Å². The fourth-order valence-electron chi connectivity index (χ4n) is 4.17. The van der Waals surface area contributed by atoms with Gasteiger partial charge in [-0.15, -0.1) is 0 Å². The molecule has 0 fully saturated rings. The molecule has 0 radical (unpaired) electrons. The zero-order valence-corrected chi connectivity index (χ0v) is 18.7. The molecule has 34 heavy (non-hydrogen) atoms. The van der Waals surface area contributed by atoms with Crippen LogP contribution >= 0.6 is 0 Å². The second-order valence-corrected chi connectivity index (χ2v) is 8.19. The Hall–Kier alpha value is -4.14. The molecule has 9 nitrogen and oxygen atoms in total. The largest absolute Gasteiger partial charge is 0.481 e. The highest BCUT2D eigenvalue weighted by Gasteiger charge is 2.30. The van der Waals surface area contributed by atoms with Crippen molar-refractivity contribution >= 4 is 18.0 Å². The van der Waals surface area contributed by atoms with Gasteiger partial charge in [-0.25, -0.2) is 4.79 Å². The van der Waals surface area contributed by atoms with Crippen LogP contribution < -0.4 is 10.6 Å². The molecule has 1 unspecified atom stereocenters. The number of carbonyl (C=O) groups is 3. The summed E-state index contributed by atoms with van der Waals surface area (Å²) in [5, 5.41) is 18.4. The van der Waals surface area contributed by atoms with E-state index in [1.807, 2.05) is 61.7 Å². The Morgan fingerprint density at radius 3 is 2.32 bits per heavy atom. The van der Waals surface area contributed by atoms with E-state index in [-0.39, 0.29) is 19.1 Å². The van der Waals surface area contributed by atoms with Crippen molar-refractivity contribution in [2.24, 2.45) is 0 Å². The third-order valence-corrected chi connectivity index (χ3v) is 5.73. The number of nitrogens with zero attached hydrogens (tertiary/aromatic N) is 2. The molecular weight excluding hydrogens is 436 g/mol. The van der Waals surface area contributed by atoms with Crippen molar-refractivity contribution in [3.63, 3.8) is 0 Å². The topological polar surface area (TPSA) is 123 Å². The summed E-state index contributed by atoms with van der Waals surface area (Å²) < 4.78 is 7.11. The Bertz CT molecular complexity index is 1160. The van der Waals surface area contributed by atoms with Crippen molar-refractivity contribution in [2.45, 2.75) is 31.8 Å². The van der Waals surface area contributed by atoms with Crippen LogP contribution in [0.1, 0.15) is 29.0 Å². The Balaban J connectivity index is 1.35. The van der Waals surface area contributed by atoms with Gasteiger partial charge in [0.2, 0.25) is 5.91 Å². The number of aromatic nitrogens is 2. The first kappa shape index (κ1) is 23.0. The summed E-state index contributed by atoms with van der Waals surface area (Å²) in [5.41, 5.74) is 5.31. The lowest BCUT2D eigenvalue weighted by molar-refractivity contribution is -0.139. The first-order valence-corrected chi connectivity index (χ1v) is 11.0. The molecule has 0 spiro atoms. The average molecular weight is 463 g/mol. The molecule has 4 rings (SSSR count). The number of rotatable bonds is 9. The predicted molar refractivity (Wildman–Crippen MR) is 124 cm³/mol. The summed E-state index contributed by atoms with van der Waals surface area (Å²) in [7, 11) is 0. The van der Waals surface area contributed by atoms with Crippen LogP contribution in [0.15, 0.2) is 60.9 Å². The van der Waals surface area contributed by atoms with Crippen LogP contribution in [-0.2, 0) is 20.9 Å². The van der Waals surface area contributed by atoms with Gasteiger partial charge in [0, 0.05) is 18.7 Å². The Kier molecular flexibility index (Phi) is 6.91. The fourth-order valence-corrected chi connectivity index (χ4v) is 4.17. The van der Waals surface area contributed by atoms with Crippen LogP contribution in [0.5, 0.6) is 0 Å². The van der Waals surface area contributed by atoms with E-state index in [1.165, 1.54) is 0 Å². The number of hydrogen-bond donors (Lipinski definition) is 3. The third kappa shape index (κ3) is 5.25. The van der Waals surface area contributed by atoms with E-state index in [0.29, 0.717) is 6.54 Å². The van der Waals surface area contributed by atoms with Crippen molar-refractivity contribution < 1.29 is 24.2 Å². The van der Waals surface area contributed by atoms with Crippen LogP contribution in [0.25, 0.3) is 11.1 Å². The van der Waals surface area contributed by atoms with E-state index >= 15 is 0 Å². The molecule has 1 aliphatic carbocycles. The molecule has 0 saturated carbocycles. The van der Waals surface area contributed by atoms with Gasteiger partial charge < -0.3 is 20.5 Å². The van der Waals surface area contributed by atoms with E-state index in [0.717, 1.165) is 27.8 Å². The van der Waals surface area contributed by atoms with Crippen LogP contribution in [-0.4, -0.2) is 52.1 Å². The second-order valence-electron chi connectivity index (χ2n) is 8.19. The normalized spacial score (nSPS) is 13.0. The van der Waals surface area contributed by atoms with Gasteiger partial charge in [0.15, 0.2) is 0 Å². The Morgan fingerprint density at radius 1 is 1.09 bits per heavy atom. The van der Waals surface area contributed by atoms with Crippen molar-refractivity contribution in [3.05, 3.63) is 77.6 Å². The molecule has 0 bridgehead atoms. The number of aryl methyl sites for hydroxylation is 1. The van der Waals surface area contributed by atoms with Crippen LogP contribution in [0.2, 0.25) is 0 Å². The number of carbonyl (C=O) groups excluding carboxylic acids is 2. The molecule has 0 aliphatic heterocycles. The van der Waals surface area contributed by atoms with E-state index in [9.17, 15) is 19.5 Å². The molecule has 0 saturated heterocycles. The SMILES string of the molecule is Cc1cnn(CCNC(=O)C(CC(=O)O)NC(=O)OCC2c3ccccc3-c3ccccc32)c1. The number of nitrogens with one attached hydrogen (secondary N) is 2. The molecule has 3 aromatic rings. The average Bonchev–Trinajstić information content (AvgIpc) is 3.37. The molecular formula is C25H26N4O5. The molecule has 3 N–H and O–H groups in total. The lowest BCUT2D eigenvalue weighted by atomic mass is 9.98. The maximum Gasteiger partial charge on any atom is 0.407 e. The zero-order chi connectivity index (χ0) is 24.1. The van der Waals surface area contributed by atoms with Gasteiger partial charge in [0.05, 0.1) is 19.2 Å². The summed E-state index contributed by atoms with van der Waals surface area (Å²) in [6.45, 7) is 2.63. The number of aliphatic carboxylic acids is 1. The van der Waals surface area contributed by atoms with E-state index in [4.69, 9.17) is 4.74 Å². The summed E-state index contributed by atoms with van der Waals surface area (Å²) in [4.78, 5) is 36.3. The third-order valence-electron chi connectivity index (χ3n) is 5.73. The van der Waals surface area contributed by atoms with Gasteiger partial charge in [-0.2, -0.15) is 5.10 Å². The van der Waals surface area contributed by atoms with Gasteiger partial charge in [-0.3, -0.25) is 14.3 Å². The first-order chi connectivity index (χ1) is 16.4. The standard InChI is InChI=1S/C25H26N4O5/c1-16-13-27-29(14-16)11-10-26-24(32)22(12-23(30)31)28-25(33)34-15-21-19-8-4-2-6-17(19)18-7-3-5-9-20(18)21/h2-9,13-14,21-22H,10-12,15H2,1H3,(H,26,32)(H,28,33)(H,30,31). The number of hydrogen-bond acceptors (Lipinski definition) is 5. The Morgan fingerprint density at radius 2 is 1.74 bits per heavy atom. The second kappa shape index (κ2) is 10.2. The van der Waals surface area contributed by atoms with Crippen LogP contribution in [0, 0.1) is 6.92 Å². The summed E-state index contributed by atoms with van der Waals surface area (Å²) in [5.74, 6) is -1.94. The van der Waals surface area contributed by atoms with Crippen LogP contribution in [0.3, 0.4) is 0 Å². The van der Waals surface area contributed by atoms with Gasteiger partial charge in [-0.05, 0) is 34.7 Å². The number of fused-ring (bicyclic) bond motifs is 3. The monoisotopic (exact) mass is 462 g/mol. The molecule has 2 aromatic carbocycles. The van der Waals surface area contributed by atoms with E-state index in [2.05, 4.69) is 15.7 Å². The number of amides is 2. The van der Waals surface area contributed by atoms with Gasteiger partial charge >= 0.3 is 12.1 Å². The van der Waals surface area contributed by atoms with Crippen molar-refractivity contribution in [3.8, 4) is 11.1 Å². The van der Waals surface area contributed by atoms with Crippen LogP contribution in [0.4, 0.5) is 4.79 Å². The van der Waals surface area contributed by atoms with E-state index < -0.39 is 30.4 Å². The smallest absolute Gasteiger partial charge is 0.407 e. The van der Waals surface area contributed by atoms with Crippen molar-refractivity contribution in [2.75, 3.05) is 13.2 Å². The summed E-state index contributed by atoms with van der Waals surface area (Å²) >= 11 is 0. The number of carboxylic acids is 1. The maximum absolute atomic E-state index is 12.5. The summed E-state index contributed by atoms with van der Waals surface area (Å²) in [6.07, 6.45) is 2.13. The lowest BCUT2D eigenvalue weighted by Gasteiger charge is -2.18. The highest BCUT2D eigenvalue weighted by atomic mass is 16.5. The Labute approximate surface area is 196 Å². The minimum Gasteiger partial charge on any atom is -0.481 e. The molecule has 1 atom stereocenters. The molecule has 9 heteroatoms. The van der Waals surface area contributed by atoms with Gasteiger partial charge in [0.25, 0.3) is 0 Å². The molecule has 1 aliphatic rings. The highest BCUT2D eigenvalue weighted by molar-refractivity contribution is 5.89. The number of carboxylic acid groups (broad SMARTS) is 1. The quantitative estimate of drug-likeness (QED) is 0.449. The minimum absolute atomic E-state index is 0.0694. The highest BCUT2D eigenvalue weighted by Crippen LogP contribution is 2.44. The van der Waals surface area contributed by atoms with Gasteiger partial charge in [-0.1, -0.05) is 48.5 Å². The number of ether oxygens (including phenoxy) is 1. The summed E-state index contributed by atoms with van der Waals surface area (Å²) in [6, 6.07) is 14.6. The fraction of sp³-hybridized carbons (Fsp3) is 0.280. The van der Waals surface area contributed by atoms with E-state index in [1.54, 1.807) is 10.9 Å². The zero-order valence-electron chi connectivity index (χ0n) is 18.7. The number of alkyl carbamates (subject to hydrolysis) is 1. The predicted octanol–water partition coefficient (Wildman–Crippen LogP) is 2.69. The van der Waals surface area contributed by atoms with Crippen molar-refractivity contribution in [1.29, 1.82) is 0 Å². The first-order valence-electron chi connectivity index (χ1n) is 11.0. The lowest BCUT2D eigenvalue weighted by Crippen LogP contribution is -2.48. The number of benzene rings is 2.